The maximum Gasteiger partial charge on any atom is 0.332 e. The molecule has 0 saturated carbocycles. The standard InChI is InChI=1S/C9H11N7O2S/c1-15-6-5(7(17)16(2)9(15)18)12-4(13-6)3-11-14-8(10)19/h3H,1-2H3,(H,12,13)(H3,10,14,19)/b11-3-. The number of aryl methyl sites for hydroxylation is 1. The molecule has 100 valence electrons. The number of imidazole rings is 1. The van der Waals surface area contributed by atoms with Crippen molar-refractivity contribution in [3.63, 3.8) is 0 Å². The second kappa shape index (κ2) is 4.65. The molecule has 4 N–H and O–H groups in total. The molecule has 0 fully saturated rings. The maximum absolute atomic E-state index is 11.9. The number of H-pyrrole nitrogens is 1. The van der Waals surface area contributed by atoms with Crippen LogP contribution >= 0.6 is 12.2 Å². The second-order valence-electron chi connectivity index (χ2n) is 3.76. The van der Waals surface area contributed by atoms with E-state index in [0.717, 1.165) is 4.57 Å². The zero-order valence-corrected chi connectivity index (χ0v) is 11.0. The number of thiocarbonyl (C=S) groups is 1. The van der Waals surface area contributed by atoms with Crippen molar-refractivity contribution in [2.75, 3.05) is 0 Å². The Morgan fingerprint density at radius 2 is 2.16 bits per heavy atom. The summed E-state index contributed by atoms with van der Waals surface area (Å²) in [5.74, 6) is 0.303. The molecule has 2 heterocycles. The number of aromatic nitrogens is 4. The van der Waals surface area contributed by atoms with Crippen molar-refractivity contribution in [2.45, 2.75) is 0 Å². The number of rotatable bonds is 2. The van der Waals surface area contributed by atoms with E-state index in [4.69, 9.17) is 5.73 Å². The van der Waals surface area contributed by atoms with Gasteiger partial charge in [0, 0.05) is 14.1 Å². The van der Waals surface area contributed by atoms with Crippen molar-refractivity contribution in [3.8, 4) is 0 Å². The lowest BCUT2D eigenvalue weighted by Crippen LogP contribution is -2.36. The predicted molar refractivity (Wildman–Crippen MR) is 74.1 cm³/mol. The third-order valence-corrected chi connectivity index (χ3v) is 2.57. The second-order valence-corrected chi connectivity index (χ2v) is 4.20. The summed E-state index contributed by atoms with van der Waals surface area (Å²) < 4.78 is 2.26. The lowest BCUT2D eigenvalue weighted by Gasteiger charge is -2.00. The molecule has 0 atom stereocenters. The van der Waals surface area contributed by atoms with E-state index in [1.54, 1.807) is 0 Å². The van der Waals surface area contributed by atoms with Gasteiger partial charge in [-0.15, -0.1) is 0 Å². The van der Waals surface area contributed by atoms with E-state index in [-0.39, 0.29) is 16.3 Å². The van der Waals surface area contributed by atoms with Crippen molar-refractivity contribution in [3.05, 3.63) is 26.7 Å². The van der Waals surface area contributed by atoms with Crippen LogP contribution in [0.5, 0.6) is 0 Å². The molecule has 0 bridgehead atoms. The van der Waals surface area contributed by atoms with Crippen LogP contribution in [0.25, 0.3) is 11.2 Å². The topological polar surface area (TPSA) is 123 Å². The number of nitrogens with zero attached hydrogens (tertiary/aromatic N) is 4. The largest absolute Gasteiger partial charge is 0.375 e. The average Bonchev–Trinajstić information content (AvgIpc) is 2.77. The van der Waals surface area contributed by atoms with Gasteiger partial charge in [0.25, 0.3) is 5.56 Å². The van der Waals surface area contributed by atoms with Crippen LogP contribution in [0.15, 0.2) is 14.7 Å². The first-order valence-corrected chi connectivity index (χ1v) is 5.57. The van der Waals surface area contributed by atoms with E-state index in [1.807, 2.05) is 0 Å². The minimum atomic E-state index is -0.451. The summed E-state index contributed by atoms with van der Waals surface area (Å²) in [6.07, 6.45) is 1.31. The van der Waals surface area contributed by atoms with Crippen LogP contribution in [0.4, 0.5) is 0 Å². The quantitative estimate of drug-likeness (QED) is 0.336. The van der Waals surface area contributed by atoms with Crippen LogP contribution < -0.4 is 22.4 Å². The molecule has 0 aromatic carbocycles. The fourth-order valence-corrected chi connectivity index (χ4v) is 1.61. The van der Waals surface area contributed by atoms with Gasteiger partial charge in [0.1, 0.15) is 5.52 Å². The molecule has 2 rings (SSSR count). The summed E-state index contributed by atoms with van der Waals surface area (Å²) in [4.78, 5) is 30.4. The molecule has 0 spiro atoms. The molecular weight excluding hydrogens is 270 g/mol. The number of aromatic amines is 1. The van der Waals surface area contributed by atoms with Crippen LogP contribution in [0.3, 0.4) is 0 Å². The van der Waals surface area contributed by atoms with E-state index in [2.05, 4.69) is 32.7 Å². The van der Waals surface area contributed by atoms with Crippen LogP contribution in [-0.2, 0) is 14.1 Å². The summed E-state index contributed by atoms with van der Waals surface area (Å²) in [6.45, 7) is 0. The van der Waals surface area contributed by atoms with Crippen molar-refractivity contribution in [1.29, 1.82) is 0 Å². The Bertz CT molecular complexity index is 797. The Hall–Kier alpha value is -2.49. The molecular formula is C9H11N7O2S. The van der Waals surface area contributed by atoms with Crippen molar-refractivity contribution < 1.29 is 0 Å². The molecule has 0 radical (unpaired) electrons. The van der Waals surface area contributed by atoms with E-state index in [9.17, 15) is 9.59 Å². The van der Waals surface area contributed by atoms with Crippen molar-refractivity contribution in [1.82, 2.24) is 24.5 Å². The third kappa shape index (κ3) is 2.25. The van der Waals surface area contributed by atoms with Gasteiger partial charge >= 0.3 is 5.69 Å². The summed E-state index contributed by atoms with van der Waals surface area (Å²) in [6, 6.07) is 0. The van der Waals surface area contributed by atoms with Gasteiger partial charge in [-0.05, 0) is 12.2 Å². The zero-order chi connectivity index (χ0) is 14.2. The number of hydrazone groups is 1. The Balaban J connectivity index is 2.58. The Labute approximate surface area is 111 Å². The first kappa shape index (κ1) is 13.0. The predicted octanol–water partition coefficient (Wildman–Crippen LogP) is -1.87. The molecule has 0 aliphatic heterocycles. The van der Waals surface area contributed by atoms with Crippen molar-refractivity contribution >= 4 is 34.7 Å². The highest BCUT2D eigenvalue weighted by Gasteiger charge is 2.12. The number of hydrogen-bond donors (Lipinski definition) is 3. The first-order chi connectivity index (χ1) is 8.91. The molecule has 0 unspecified atom stereocenters. The van der Waals surface area contributed by atoms with E-state index >= 15 is 0 Å². The lowest BCUT2D eigenvalue weighted by molar-refractivity contribution is 0.709. The molecule has 0 amide bonds. The molecule has 10 heteroatoms. The van der Waals surface area contributed by atoms with Crippen molar-refractivity contribution in [2.24, 2.45) is 24.9 Å². The van der Waals surface area contributed by atoms with Gasteiger partial charge in [-0.3, -0.25) is 19.4 Å². The zero-order valence-electron chi connectivity index (χ0n) is 10.2. The van der Waals surface area contributed by atoms with Gasteiger partial charge < -0.3 is 10.7 Å². The van der Waals surface area contributed by atoms with Gasteiger partial charge in [0.2, 0.25) is 0 Å². The van der Waals surface area contributed by atoms with Crippen LogP contribution in [0.2, 0.25) is 0 Å². The summed E-state index contributed by atoms with van der Waals surface area (Å²) in [5.41, 5.74) is 7.13. The van der Waals surface area contributed by atoms with E-state index in [0.29, 0.717) is 5.82 Å². The highest BCUT2D eigenvalue weighted by Crippen LogP contribution is 2.02. The third-order valence-electron chi connectivity index (χ3n) is 2.47. The molecule has 19 heavy (non-hydrogen) atoms. The van der Waals surface area contributed by atoms with Crippen LogP contribution in [-0.4, -0.2) is 30.4 Å². The smallest absolute Gasteiger partial charge is 0.332 e. The van der Waals surface area contributed by atoms with Gasteiger partial charge in [0.05, 0.1) is 6.21 Å². The molecule has 9 nitrogen and oxygen atoms in total. The van der Waals surface area contributed by atoms with Crippen LogP contribution in [0, 0.1) is 0 Å². The number of hydrogen-bond acceptors (Lipinski definition) is 5. The average molecular weight is 281 g/mol. The Morgan fingerprint density at radius 3 is 2.79 bits per heavy atom. The molecule has 0 aliphatic rings. The monoisotopic (exact) mass is 281 g/mol. The summed E-state index contributed by atoms with van der Waals surface area (Å²) in [7, 11) is 2.92. The number of nitrogens with two attached hydrogens (primary N) is 1. The van der Waals surface area contributed by atoms with Crippen LogP contribution in [0.1, 0.15) is 5.82 Å². The highest BCUT2D eigenvalue weighted by atomic mass is 32.1. The van der Waals surface area contributed by atoms with E-state index < -0.39 is 11.2 Å². The fraction of sp³-hybridized carbons (Fsp3) is 0.222. The lowest BCUT2D eigenvalue weighted by atomic mass is 10.5. The van der Waals surface area contributed by atoms with Gasteiger partial charge in [-0.1, -0.05) is 0 Å². The fourth-order valence-electron chi connectivity index (χ4n) is 1.56. The Morgan fingerprint density at radius 1 is 1.47 bits per heavy atom. The first-order valence-electron chi connectivity index (χ1n) is 5.16. The van der Waals surface area contributed by atoms with Gasteiger partial charge in [0.15, 0.2) is 16.6 Å². The SMILES string of the molecule is Cn1c(=O)c2[nH]c(/C=N\NC(N)=S)nc2n(C)c1=O. The highest BCUT2D eigenvalue weighted by molar-refractivity contribution is 7.80. The molecule has 0 saturated heterocycles. The summed E-state index contributed by atoms with van der Waals surface area (Å²) >= 11 is 4.57. The molecule has 2 aromatic heterocycles. The maximum atomic E-state index is 11.9. The normalized spacial score (nSPS) is 11.3. The van der Waals surface area contributed by atoms with Gasteiger partial charge in [-0.2, -0.15) is 5.10 Å². The number of nitrogens with one attached hydrogen (secondary N) is 2. The van der Waals surface area contributed by atoms with Gasteiger partial charge in [-0.25, -0.2) is 9.78 Å². The minimum Gasteiger partial charge on any atom is -0.375 e. The number of fused-ring (bicyclic) bond motifs is 1. The minimum absolute atomic E-state index is 0.00988. The molecule has 0 aliphatic carbocycles. The Kier molecular flexibility index (Phi) is 3.17. The summed E-state index contributed by atoms with van der Waals surface area (Å²) in [5, 5.41) is 3.72. The molecule has 2 aromatic rings. The van der Waals surface area contributed by atoms with E-state index in [1.165, 1.54) is 24.9 Å².